The van der Waals surface area contributed by atoms with Gasteiger partial charge in [-0.1, -0.05) is 15.9 Å². The zero-order valence-corrected chi connectivity index (χ0v) is 13.9. The largest absolute Gasteiger partial charge is 0.338 e. The van der Waals surface area contributed by atoms with E-state index >= 15 is 0 Å². The molecule has 3 aromatic rings. The summed E-state index contributed by atoms with van der Waals surface area (Å²) in [5, 5.41) is 0. The maximum absolute atomic E-state index is 4.58. The van der Waals surface area contributed by atoms with Gasteiger partial charge < -0.3 is 4.98 Å². The fourth-order valence-corrected chi connectivity index (χ4v) is 4.78. The van der Waals surface area contributed by atoms with E-state index in [1.165, 1.54) is 0 Å². The van der Waals surface area contributed by atoms with E-state index in [-0.39, 0.29) is 0 Å². The Balaban J connectivity index is 2.21. The highest BCUT2D eigenvalue weighted by Crippen LogP contribution is 2.38. The van der Waals surface area contributed by atoms with Gasteiger partial charge >= 0.3 is 0 Å². The van der Waals surface area contributed by atoms with E-state index in [1.54, 1.807) is 11.3 Å². The lowest BCUT2D eigenvalue weighted by molar-refractivity contribution is 1.34. The molecule has 0 unspecified atom stereocenters. The maximum Gasteiger partial charge on any atom is 0.140 e. The number of aromatic amines is 1. The molecule has 86 valence electrons. The molecule has 0 radical (unpaired) electrons. The molecule has 0 amide bonds. The molecule has 0 atom stereocenters. The number of imidazole rings is 1. The van der Waals surface area contributed by atoms with Crippen molar-refractivity contribution >= 4 is 70.2 Å². The fourth-order valence-electron chi connectivity index (χ4n) is 1.61. The Morgan fingerprint density at radius 1 is 1.12 bits per heavy atom. The number of thiophene rings is 1. The van der Waals surface area contributed by atoms with Crippen molar-refractivity contribution in [1.82, 2.24) is 9.97 Å². The quantitative estimate of drug-likeness (QED) is 0.530. The number of rotatable bonds is 1. The second-order valence-electron chi connectivity index (χ2n) is 3.48. The molecule has 6 heteroatoms. The summed E-state index contributed by atoms with van der Waals surface area (Å²) in [5.41, 5.74) is 3.08. The Morgan fingerprint density at radius 3 is 2.65 bits per heavy atom. The zero-order valence-electron chi connectivity index (χ0n) is 8.30. The van der Waals surface area contributed by atoms with Gasteiger partial charge in [0.25, 0.3) is 0 Å². The lowest BCUT2D eigenvalue weighted by Gasteiger charge is -1.90. The van der Waals surface area contributed by atoms with Crippen molar-refractivity contribution in [2.24, 2.45) is 0 Å². The maximum atomic E-state index is 4.58. The van der Waals surface area contributed by atoms with E-state index < -0.39 is 0 Å². The van der Waals surface area contributed by atoms with Crippen LogP contribution in [0.15, 0.2) is 36.3 Å². The Hall–Kier alpha value is -0.170. The van der Waals surface area contributed by atoms with Crippen LogP contribution in [0.5, 0.6) is 0 Å². The van der Waals surface area contributed by atoms with Crippen LogP contribution in [-0.2, 0) is 0 Å². The van der Waals surface area contributed by atoms with E-state index in [1.807, 2.05) is 18.2 Å². The molecule has 1 N–H and O–H groups in total. The molecule has 2 nitrogen and oxygen atoms in total. The highest BCUT2D eigenvalue weighted by molar-refractivity contribution is 9.12. The van der Waals surface area contributed by atoms with Gasteiger partial charge in [0.1, 0.15) is 5.82 Å². The third kappa shape index (κ3) is 2.23. The van der Waals surface area contributed by atoms with Crippen LogP contribution in [-0.4, -0.2) is 9.97 Å². The minimum Gasteiger partial charge on any atom is -0.338 e. The monoisotopic (exact) mass is 434 g/mol. The minimum atomic E-state index is 0.881. The van der Waals surface area contributed by atoms with Crippen LogP contribution in [0.4, 0.5) is 0 Å². The molecule has 0 aliphatic carbocycles. The van der Waals surface area contributed by atoms with Crippen molar-refractivity contribution in [2.75, 3.05) is 0 Å². The van der Waals surface area contributed by atoms with E-state index in [0.717, 1.165) is 34.5 Å². The summed E-state index contributed by atoms with van der Waals surface area (Å²) in [5.74, 6) is 0.881. The minimum absolute atomic E-state index is 0.881. The molecule has 0 fully saturated rings. The number of aromatic nitrogens is 2. The van der Waals surface area contributed by atoms with Crippen molar-refractivity contribution < 1.29 is 0 Å². The predicted molar refractivity (Wildman–Crippen MR) is 82.5 cm³/mol. The van der Waals surface area contributed by atoms with E-state index in [2.05, 4.69) is 63.8 Å². The molecule has 0 aliphatic rings. The number of hydrogen-bond acceptors (Lipinski definition) is 2. The SMILES string of the molecule is Brc1ccc2nc(-c3cc(Br)sc3Br)[nH]c2c1. The lowest BCUT2D eigenvalue weighted by atomic mass is 10.3. The molecule has 2 aromatic heterocycles. The molecule has 1 aromatic carbocycles. The van der Waals surface area contributed by atoms with Crippen molar-refractivity contribution in [3.05, 3.63) is 36.3 Å². The van der Waals surface area contributed by atoms with Crippen LogP contribution in [0.3, 0.4) is 0 Å². The smallest absolute Gasteiger partial charge is 0.140 e. The second kappa shape index (κ2) is 4.50. The van der Waals surface area contributed by atoms with Crippen LogP contribution in [0, 0.1) is 0 Å². The van der Waals surface area contributed by atoms with Crippen LogP contribution < -0.4 is 0 Å². The van der Waals surface area contributed by atoms with Gasteiger partial charge in [0.05, 0.1) is 18.6 Å². The highest BCUT2D eigenvalue weighted by Gasteiger charge is 2.11. The van der Waals surface area contributed by atoms with Gasteiger partial charge in [0.2, 0.25) is 0 Å². The summed E-state index contributed by atoms with van der Waals surface area (Å²) in [4.78, 5) is 7.90. The zero-order chi connectivity index (χ0) is 12.0. The first-order chi connectivity index (χ1) is 8.13. The van der Waals surface area contributed by atoms with Gasteiger partial charge in [-0.15, -0.1) is 11.3 Å². The third-order valence-electron chi connectivity index (χ3n) is 2.36. The predicted octanol–water partition coefficient (Wildman–Crippen LogP) is 5.58. The molecular formula is C11H5Br3N2S. The first kappa shape index (κ1) is 11.9. The lowest BCUT2D eigenvalue weighted by Crippen LogP contribution is -1.76. The molecule has 0 bridgehead atoms. The van der Waals surface area contributed by atoms with Gasteiger partial charge in [-0.05, 0) is 56.1 Å². The highest BCUT2D eigenvalue weighted by atomic mass is 79.9. The molecule has 17 heavy (non-hydrogen) atoms. The summed E-state index contributed by atoms with van der Waals surface area (Å²) < 4.78 is 3.20. The number of nitrogens with zero attached hydrogens (tertiary/aromatic N) is 1. The summed E-state index contributed by atoms with van der Waals surface area (Å²) in [6.07, 6.45) is 0. The molecule has 0 spiro atoms. The van der Waals surface area contributed by atoms with Gasteiger partial charge in [-0.25, -0.2) is 4.98 Å². The molecule has 2 heterocycles. The number of hydrogen-bond donors (Lipinski definition) is 1. The van der Waals surface area contributed by atoms with Gasteiger partial charge in [-0.3, -0.25) is 0 Å². The average Bonchev–Trinajstić information content (AvgIpc) is 2.80. The Kier molecular flexibility index (Phi) is 3.15. The summed E-state index contributed by atoms with van der Waals surface area (Å²) in [7, 11) is 0. The molecular weight excluding hydrogens is 432 g/mol. The van der Waals surface area contributed by atoms with Gasteiger partial charge in [0.15, 0.2) is 0 Å². The third-order valence-corrected chi connectivity index (χ3v) is 5.19. The fraction of sp³-hybridized carbons (Fsp3) is 0. The number of fused-ring (bicyclic) bond motifs is 1. The normalized spacial score (nSPS) is 11.2. The van der Waals surface area contributed by atoms with Crippen molar-refractivity contribution in [3.63, 3.8) is 0 Å². The first-order valence-electron chi connectivity index (χ1n) is 4.74. The van der Waals surface area contributed by atoms with Crippen LogP contribution >= 0.6 is 59.1 Å². The van der Waals surface area contributed by atoms with Crippen molar-refractivity contribution in [3.8, 4) is 11.4 Å². The number of halogens is 3. The Morgan fingerprint density at radius 2 is 1.94 bits per heavy atom. The summed E-state index contributed by atoms with van der Waals surface area (Å²) in [6.45, 7) is 0. The van der Waals surface area contributed by atoms with Crippen molar-refractivity contribution in [1.29, 1.82) is 0 Å². The first-order valence-corrected chi connectivity index (χ1v) is 7.93. The molecule has 3 rings (SSSR count). The number of benzene rings is 1. The van der Waals surface area contributed by atoms with E-state index in [9.17, 15) is 0 Å². The van der Waals surface area contributed by atoms with Gasteiger partial charge in [-0.2, -0.15) is 0 Å². The molecule has 0 aliphatic heterocycles. The number of nitrogens with one attached hydrogen (secondary N) is 1. The molecule has 0 saturated heterocycles. The van der Waals surface area contributed by atoms with Crippen LogP contribution in [0.25, 0.3) is 22.4 Å². The van der Waals surface area contributed by atoms with E-state index in [0.29, 0.717) is 0 Å². The average molecular weight is 437 g/mol. The van der Waals surface area contributed by atoms with E-state index in [4.69, 9.17) is 0 Å². The topological polar surface area (TPSA) is 28.7 Å². The van der Waals surface area contributed by atoms with Crippen LogP contribution in [0.1, 0.15) is 0 Å². The number of H-pyrrole nitrogens is 1. The standard InChI is InChI=1S/C11H5Br3N2S/c12-5-1-2-7-8(3-5)16-11(15-7)6-4-9(13)17-10(6)14/h1-4H,(H,15,16). The van der Waals surface area contributed by atoms with Crippen molar-refractivity contribution in [2.45, 2.75) is 0 Å². The van der Waals surface area contributed by atoms with Crippen LogP contribution in [0.2, 0.25) is 0 Å². The summed E-state index contributed by atoms with van der Waals surface area (Å²) >= 11 is 12.1. The Bertz CT molecular complexity index is 702. The Labute approximate surface area is 127 Å². The second-order valence-corrected chi connectivity index (χ2v) is 8.15. The molecule has 0 saturated carbocycles. The summed E-state index contributed by atoms with van der Waals surface area (Å²) in [6, 6.07) is 8.07. The van der Waals surface area contributed by atoms with Gasteiger partial charge in [0, 0.05) is 10.0 Å².